The summed E-state index contributed by atoms with van der Waals surface area (Å²) < 4.78 is 74.6. The third-order valence-electron chi connectivity index (χ3n) is 2.49. The first-order chi connectivity index (χ1) is 9.18. The van der Waals surface area contributed by atoms with Crippen LogP contribution in [-0.4, -0.2) is 10.2 Å². The Bertz CT molecular complexity index is 601. The fraction of sp³-hybridized carbons (Fsp3) is 0.167. The normalized spacial score (nSPS) is 12.5. The highest BCUT2D eigenvalue weighted by atomic mass is 19.4. The predicted molar refractivity (Wildman–Crippen MR) is 57.5 cm³/mol. The van der Waals surface area contributed by atoms with Gasteiger partial charge in [-0.2, -0.15) is 36.5 Å². The summed E-state index contributed by atoms with van der Waals surface area (Å²) in [5.41, 5.74) is -1.92. The summed E-state index contributed by atoms with van der Waals surface area (Å²) in [4.78, 5) is 0. The quantitative estimate of drug-likeness (QED) is 0.737. The summed E-state index contributed by atoms with van der Waals surface area (Å²) in [6.45, 7) is 0. The molecule has 0 radical (unpaired) electrons. The molecular formula is C12H6F6N2. The van der Waals surface area contributed by atoms with Crippen LogP contribution in [0.15, 0.2) is 36.5 Å². The molecule has 1 heterocycles. The molecule has 106 valence electrons. The molecule has 1 aromatic carbocycles. The van der Waals surface area contributed by atoms with Gasteiger partial charge >= 0.3 is 12.4 Å². The van der Waals surface area contributed by atoms with Crippen LogP contribution in [0.5, 0.6) is 0 Å². The molecular weight excluding hydrogens is 286 g/mol. The standard InChI is InChI=1S/C12H6F6N2/c13-11(14,15)8-3-1-7(2-4-8)10-5-9(6-19-20-10)12(16,17)18/h1-6H. The lowest BCUT2D eigenvalue weighted by atomic mass is 10.1. The maximum Gasteiger partial charge on any atom is 0.418 e. The zero-order valence-corrected chi connectivity index (χ0v) is 9.63. The fourth-order valence-electron chi connectivity index (χ4n) is 1.49. The summed E-state index contributed by atoms with van der Waals surface area (Å²) >= 11 is 0. The molecule has 0 unspecified atom stereocenters. The third-order valence-corrected chi connectivity index (χ3v) is 2.49. The molecule has 2 rings (SSSR count). The highest BCUT2D eigenvalue weighted by Crippen LogP contribution is 2.32. The van der Waals surface area contributed by atoms with E-state index in [4.69, 9.17) is 0 Å². The van der Waals surface area contributed by atoms with Crippen molar-refractivity contribution in [2.75, 3.05) is 0 Å². The zero-order valence-electron chi connectivity index (χ0n) is 9.63. The Morgan fingerprint density at radius 2 is 1.30 bits per heavy atom. The van der Waals surface area contributed by atoms with Gasteiger partial charge < -0.3 is 0 Å². The van der Waals surface area contributed by atoms with Gasteiger partial charge in [0.15, 0.2) is 0 Å². The molecule has 0 fully saturated rings. The maximum absolute atomic E-state index is 12.5. The predicted octanol–water partition coefficient (Wildman–Crippen LogP) is 4.18. The van der Waals surface area contributed by atoms with Gasteiger partial charge in [-0.3, -0.25) is 0 Å². The van der Waals surface area contributed by atoms with Crippen LogP contribution >= 0.6 is 0 Å². The van der Waals surface area contributed by atoms with Crippen molar-refractivity contribution >= 4 is 0 Å². The van der Waals surface area contributed by atoms with Crippen LogP contribution in [0.1, 0.15) is 11.1 Å². The van der Waals surface area contributed by atoms with Gasteiger partial charge in [-0.05, 0) is 18.2 Å². The molecule has 0 spiro atoms. The van der Waals surface area contributed by atoms with Crippen LogP contribution in [0, 0.1) is 0 Å². The van der Waals surface area contributed by atoms with Gasteiger partial charge in [0.1, 0.15) is 0 Å². The average molecular weight is 292 g/mol. The first kappa shape index (κ1) is 14.3. The molecule has 0 aliphatic carbocycles. The first-order valence-electron chi connectivity index (χ1n) is 5.25. The molecule has 0 aliphatic rings. The Kier molecular flexibility index (Phi) is 3.41. The Balaban J connectivity index is 2.38. The summed E-state index contributed by atoms with van der Waals surface area (Å²) in [6, 6.07) is 4.38. The van der Waals surface area contributed by atoms with Crippen molar-refractivity contribution in [2.45, 2.75) is 12.4 Å². The van der Waals surface area contributed by atoms with Crippen molar-refractivity contribution in [2.24, 2.45) is 0 Å². The number of nitrogens with zero attached hydrogens (tertiary/aromatic N) is 2. The van der Waals surface area contributed by atoms with E-state index in [1.165, 1.54) is 0 Å². The molecule has 0 saturated carbocycles. The average Bonchev–Trinajstić information content (AvgIpc) is 2.37. The lowest BCUT2D eigenvalue weighted by Crippen LogP contribution is -2.07. The second kappa shape index (κ2) is 4.77. The van der Waals surface area contributed by atoms with Crippen molar-refractivity contribution in [1.82, 2.24) is 10.2 Å². The van der Waals surface area contributed by atoms with Crippen LogP contribution in [0.4, 0.5) is 26.3 Å². The van der Waals surface area contributed by atoms with E-state index in [0.717, 1.165) is 30.3 Å². The molecule has 0 amide bonds. The first-order valence-corrected chi connectivity index (χ1v) is 5.25. The van der Waals surface area contributed by atoms with Gasteiger partial charge in [0, 0.05) is 5.56 Å². The number of hydrogen-bond acceptors (Lipinski definition) is 2. The lowest BCUT2D eigenvalue weighted by Gasteiger charge is -2.09. The summed E-state index contributed by atoms with van der Waals surface area (Å²) in [5.74, 6) is 0. The van der Waals surface area contributed by atoms with Crippen LogP contribution < -0.4 is 0 Å². The molecule has 1 aromatic heterocycles. The molecule has 2 nitrogen and oxygen atoms in total. The topological polar surface area (TPSA) is 25.8 Å². The lowest BCUT2D eigenvalue weighted by molar-refractivity contribution is -0.138. The van der Waals surface area contributed by atoms with Crippen molar-refractivity contribution < 1.29 is 26.3 Å². The van der Waals surface area contributed by atoms with Gasteiger partial charge in [0.25, 0.3) is 0 Å². The molecule has 0 aliphatic heterocycles. The molecule has 20 heavy (non-hydrogen) atoms. The van der Waals surface area contributed by atoms with Crippen molar-refractivity contribution in [3.8, 4) is 11.3 Å². The van der Waals surface area contributed by atoms with Crippen molar-refractivity contribution in [3.05, 3.63) is 47.7 Å². The number of benzene rings is 1. The highest BCUT2D eigenvalue weighted by Gasteiger charge is 2.32. The van der Waals surface area contributed by atoms with E-state index in [0.29, 0.717) is 6.20 Å². The van der Waals surface area contributed by atoms with Gasteiger partial charge in [-0.1, -0.05) is 12.1 Å². The number of aromatic nitrogens is 2. The minimum absolute atomic E-state index is 0.122. The monoisotopic (exact) mass is 292 g/mol. The smallest absolute Gasteiger partial charge is 0.166 e. The Morgan fingerprint density at radius 3 is 1.80 bits per heavy atom. The van der Waals surface area contributed by atoms with Crippen LogP contribution in [0.3, 0.4) is 0 Å². The van der Waals surface area contributed by atoms with Crippen LogP contribution in [0.25, 0.3) is 11.3 Å². The molecule has 0 bridgehead atoms. The Labute approximate surface area is 109 Å². The van der Waals surface area contributed by atoms with Crippen LogP contribution in [0.2, 0.25) is 0 Å². The molecule has 2 aromatic rings. The van der Waals surface area contributed by atoms with E-state index in [-0.39, 0.29) is 11.3 Å². The van der Waals surface area contributed by atoms with E-state index in [2.05, 4.69) is 10.2 Å². The maximum atomic E-state index is 12.5. The molecule has 0 saturated heterocycles. The number of halogens is 6. The Morgan fingerprint density at radius 1 is 0.750 bits per heavy atom. The largest absolute Gasteiger partial charge is 0.418 e. The molecule has 8 heteroatoms. The highest BCUT2D eigenvalue weighted by molar-refractivity contribution is 5.59. The van der Waals surface area contributed by atoms with Crippen LogP contribution in [-0.2, 0) is 12.4 Å². The third kappa shape index (κ3) is 3.06. The number of rotatable bonds is 1. The minimum atomic E-state index is -4.59. The second-order valence-electron chi connectivity index (χ2n) is 3.90. The number of alkyl halides is 6. The Hall–Kier alpha value is -2.12. The fourth-order valence-corrected chi connectivity index (χ4v) is 1.49. The van der Waals surface area contributed by atoms with E-state index in [9.17, 15) is 26.3 Å². The number of hydrogen-bond donors (Lipinski definition) is 0. The van der Waals surface area contributed by atoms with Gasteiger partial charge in [0.2, 0.25) is 0 Å². The summed E-state index contributed by atoms with van der Waals surface area (Å²) in [7, 11) is 0. The SMILES string of the molecule is FC(F)(F)c1ccc(-c2cc(C(F)(F)F)cnn2)cc1. The van der Waals surface area contributed by atoms with Crippen molar-refractivity contribution in [3.63, 3.8) is 0 Å². The van der Waals surface area contributed by atoms with Gasteiger partial charge in [0.05, 0.1) is 23.0 Å². The molecule has 0 N–H and O–H groups in total. The summed E-state index contributed by atoms with van der Waals surface area (Å²) in [5, 5.41) is 6.69. The van der Waals surface area contributed by atoms with E-state index >= 15 is 0 Å². The van der Waals surface area contributed by atoms with E-state index < -0.39 is 23.5 Å². The minimum Gasteiger partial charge on any atom is -0.166 e. The summed E-state index contributed by atoms with van der Waals surface area (Å²) in [6.07, 6.45) is -8.54. The van der Waals surface area contributed by atoms with Crippen molar-refractivity contribution in [1.29, 1.82) is 0 Å². The van der Waals surface area contributed by atoms with E-state index in [1.54, 1.807) is 0 Å². The zero-order chi connectivity index (χ0) is 15.0. The van der Waals surface area contributed by atoms with Gasteiger partial charge in [-0.25, -0.2) is 0 Å². The second-order valence-corrected chi connectivity index (χ2v) is 3.90. The van der Waals surface area contributed by atoms with Gasteiger partial charge in [-0.15, -0.1) is 0 Å². The van der Waals surface area contributed by atoms with E-state index in [1.807, 2.05) is 0 Å². The molecule has 0 atom stereocenters.